The minimum atomic E-state index is -0.0340. The van der Waals surface area contributed by atoms with Crippen LogP contribution in [0.2, 0.25) is 0 Å². The molecule has 0 amide bonds. The van der Waals surface area contributed by atoms with Gasteiger partial charge in [-0.2, -0.15) is 4.99 Å². The van der Waals surface area contributed by atoms with Crippen LogP contribution < -0.4 is 11.5 Å². The normalized spacial score (nSPS) is 29.6. The van der Waals surface area contributed by atoms with Crippen molar-refractivity contribution in [1.82, 2.24) is 9.80 Å². The van der Waals surface area contributed by atoms with Crippen molar-refractivity contribution in [3.8, 4) is 0 Å². The Morgan fingerprint density at radius 3 is 2.76 bits per heavy atom. The highest BCUT2D eigenvalue weighted by atomic mass is 15.4. The summed E-state index contributed by atoms with van der Waals surface area (Å²) in [6.45, 7) is 5.20. The number of piperazine rings is 1. The maximum Gasteiger partial charge on any atom is 0.221 e. The highest BCUT2D eigenvalue weighted by molar-refractivity contribution is 5.91. The minimum absolute atomic E-state index is 0.0340. The Kier molecular flexibility index (Phi) is 3.51. The number of nitrogens with zero attached hydrogens (tertiary/aromatic N) is 3. The summed E-state index contributed by atoms with van der Waals surface area (Å²) >= 11 is 0. The summed E-state index contributed by atoms with van der Waals surface area (Å²) in [5.74, 6) is 0.163. The highest BCUT2D eigenvalue weighted by Gasteiger charge is 2.33. The summed E-state index contributed by atoms with van der Waals surface area (Å²) in [6, 6.07) is 0.870. The maximum atomic E-state index is 7.91. The van der Waals surface area contributed by atoms with Gasteiger partial charge in [0.2, 0.25) is 5.96 Å². The first-order valence-electron chi connectivity index (χ1n) is 6.27. The zero-order valence-corrected chi connectivity index (χ0v) is 10.4. The molecule has 0 spiro atoms. The van der Waals surface area contributed by atoms with Crippen molar-refractivity contribution in [2.45, 2.75) is 38.3 Å². The zero-order chi connectivity index (χ0) is 12.4. The Bertz CT molecular complexity index is 322. The summed E-state index contributed by atoms with van der Waals surface area (Å²) < 4.78 is 0. The first-order valence-corrected chi connectivity index (χ1v) is 6.27. The Labute approximate surface area is 102 Å². The van der Waals surface area contributed by atoms with Crippen LogP contribution in [0.25, 0.3) is 0 Å². The quantitative estimate of drug-likeness (QED) is 0.401. The number of guanidine groups is 2. The smallest absolute Gasteiger partial charge is 0.221 e. The molecule has 2 rings (SSSR count). The van der Waals surface area contributed by atoms with E-state index in [9.17, 15) is 0 Å². The van der Waals surface area contributed by atoms with E-state index >= 15 is 0 Å². The van der Waals surface area contributed by atoms with Crippen LogP contribution >= 0.6 is 0 Å². The average molecular weight is 238 g/mol. The number of nitrogens with one attached hydrogen (secondary N) is 1. The third-order valence-electron chi connectivity index (χ3n) is 3.69. The van der Waals surface area contributed by atoms with Gasteiger partial charge in [-0.25, -0.2) is 0 Å². The Morgan fingerprint density at radius 2 is 2.06 bits per heavy atom. The van der Waals surface area contributed by atoms with Gasteiger partial charge in [0.1, 0.15) is 0 Å². The third kappa shape index (κ3) is 2.69. The fraction of sp³-hybridized carbons (Fsp3) is 0.818. The van der Waals surface area contributed by atoms with Crippen molar-refractivity contribution in [3.63, 3.8) is 0 Å². The topological polar surface area (TPSA) is 94.7 Å². The SMILES string of the molecule is CC1CN2CCCCC2CN1C(=N)N=C(N)N. The second kappa shape index (κ2) is 4.91. The van der Waals surface area contributed by atoms with E-state index in [0.717, 1.165) is 13.1 Å². The van der Waals surface area contributed by atoms with Crippen LogP contribution in [0.5, 0.6) is 0 Å². The predicted molar refractivity (Wildman–Crippen MR) is 68.9 cm³/mol. The van der Waals surface area contributed by atoms with Gasteiger partial charge in [-0.05, 0) is 26.3 Å². The number of hydrogen-bond acceptors (Lipinski definition) is 2. The molecule has 0 aromatic carbocycles. The van der Waals surface area contributed by atoms with Crippen LogP contribution in [-0.4, -0.2) is 53.4 Å². The molecule has 0 radical (unpaired) electrons. The molecule has 17 heavy (non-hydrogen) atoms. The summed E-state index contributed by atoms with van der Waals surface area (Å²) in [6.07, 6.45) is 3.81. The van der Waals surface area contributed by atoms with E-state index in [2.05, 4.69) is 16.8 Å². The average Bonchev–Trinajstić information content (AvgIpc) is 2.27. The van der Waals surface area contributed by atoms with Crippen LogP contribution in [0.4, 0.5) is 0 Å². The maximum absolute atomic E-state index is 7.91. The Morgan fingerprint density at radius 1 is 1.29 bits per heavy atom. The van der Waals surface area contributed by atoms with E-state index in [1.807, 2.05) is 4.90 Å². The van der Waals surface area contributed by atoms with Crippen molar-refractivity contribution in [2.24, 2.45) is 16.5 Å². The monoisotopic (exact) mass is 238 g/mol. The molecule has 2 aliphatic rings. The van der Waals surface area contributed by atoms with Gasteiger partial charge >= 0.3 is 0 Å². The number of rotatable bonds is 0. The van der Waals surface area contributed by atoms with Gasteiger partial charge in [0.05, 0.1) is 0 Å². The molecule has 2 heterocycles. The van der Waals surface area contributed by atoms with E-state index in [4.69, 9.17) is 16.9 Å². The lowest BCUT2D eigenvalue weighted by atomic mass is 9.97. The number of piperidine rings is 1. The fourth-order valence-corrected chi connectivity index (χ4v) is 2.83. The highest BCUT2D eigenvalue weighted by Crippen LogP contribution is 2.24. The molecule has 96 valence electrons. The van der Waals surface area contributed by atoms with Crippen LogP contribution in [0.15, 0.2) is 4.99 Å². The molecule has 2 atom stereocenters. The van der Waals surface area contributed by atoms with Gasteiger partial charge in [-0.1, -0.05) is 6.42 Å². The summed E-state index contributed by atoms with van der Waals surface area (Å²) in [5, 5.41) is 7.91. The molecular formula is C11H22N6. The molecule has 2 unspecified atom stereocenters. The standard InChI is InChI=1S/C11H22N6/c1-8-6-16-5-3-2-4-9(16)7-17(8)11(14)15-10(12)13/h8-9H,2-7H2,1H3,(H5,12,13,14,15). The molecule has 2 saturated heterocycles. The molecule has 2 fully saturated rings. The second-order valence-corrected chi connectivity index (χ2v) is 5.01. The Balaban J connectivity index is 2.04. The second-order valence-electron chi connectivity index (χ2n) is 5.01. The van der Waals surface area contributed by atoms with E-state index in [0.29, 0.717) is 12.1 Å². The molecule has 0 aliphatic carbocycles. The Hall–Kier alpha value is -1.30. The van der Waals surface area contributed by atoms with Gasteiger partial charge in [0, 0.05) is 25.2 Å². The molecule has 0 bridgehead atoms. The number of hydrogen-bond donors (Lipinski definition) is 3. The molecule has 5 N–H and O–H groups in total. The van der Waals surface area contributed by atoms with Crippen molar-refractivity contribution in [3.05, 3.63) is 0 Å². The molecular weight excluding hydrogens is 216 g/mol. The lowest BCUT2D eigenvalue weighted by Crippen LogP contribution is -2.59. The van der Waals surface area contributed by atoms with E-state index in [1.54, 1.807) is 0 Å². The van der Waals surface area contributed by atoms with Crippen LogP contribution in [0.3, 0.4) is 0 Å². The molecule has 2 aliphatic heterocycles. The van der Waals surface area contributed by atoms with Gasteiger partial charge in [-0.3, -0.25) is 10.3 Å². The summed E-state index contributed by atoms with van der Waals surface area (Å²) in [7, 11) is 0. The molecule has 0 saturated carbocycles. The molecule has 0 aromatic rings. The van der Waals surface area contributed by atoms with Gasteiger partial charge < -0.3 is 16.4 Å². The van der Waals surface area contributed by atoms with Gasteiger partial charge in [0.15, 0.2) is 5.96 Å². The number of nitrogens with two attached hydrogens (primary N) is 2. The lowest BCUT2D eigenvalue weighted by Gasteiger charge is -2.47. The first kappa shape index (κ1) is 12.2. The zero-order valence-electron chi connectivity index (χ0n) is 10.4. The van der Waals surface area contributed by atoms with Crippen LogP contribution in [0, 0.1) is 5.41 Å². The first-order chi connectivity index (χ1) is 8.08. The van der Waals surface area contributed by atoms with E-state index in [1.165, 1.54) is 25.8 Å². The molecule has 6 nitrogen and oxygen atoms in total. The molecule has 6 heteroatoms. The van der Waals surface area contributed by atoms with Gasteiger partial charge in [0.25, 0.3) is 0 Å². The van der Waals surface area contributed by atoms with Crippen molar-refractivity contribution >= 4 is 11.9 Å². The minimum Gasteiger partial charge on any atom is -0.370 e. The lowest BCUT2D eigenvalue weighted by molar-refractivity contribution is 0.0494. The predicted octanol–water partition coefficient (Wildman–Crippen LogP) is -0.247. The summed E-state index contributed by atoms with van der Waals surface area (Å²) in [5.41, 5.74) is 10.7. The summed E-state index contributed by atoms with van der Waals surface area (Å²) in [4.78, 5) is 8.39. The van der Waals surface area contributed by atoms with Crippen molar-refractivity contribution in [1.29, 1.82) is 5.41 Å². The van der Waals surface area contributed by atoms with Crippen molar-refractivity contribution in [2.75, 3.05) is 19.6 Å². The van der Waals surface area contributed by atoms with Gasteiger partial charge in [-0.15, -0.1) is 0 Å². The number of aliphatic imine (C=N–C) groups is 1. The van der Waals surface area contributed by atoms with Crippen molar-refractivity contribution < 1.29 is 0 Å². The number of fused-ring (bicyclic) bond motifs is 1. The van der Waals surface area contributed by atoms with E-state index in [-0.39, 0.29) is 11.9 Å². The largest absolute Gasteiger partial charge is 0.370 e. The third-order valence-corrected chi connectivity index (χ3v) is 3.69. The fourth-order valence-electron chi connectivity index (χ4n) is 2.83. The van der Waals surface area contributed by atoms with E-state index < -0.39 is 0 Å². The molecule has 0 aromatic heterocycles. The van der Waals surface area contributed by atoms with Crippen LogP contribution in [0.1, 0.15) is 26.2 Å². The van der Waals surface area contributed by atoms with Crippen LogP contribution in [-0.2, 0) is 0 Å².